The first-order valence-electron chi connectivity index (χ1n) is 4.54. The van der Waals surface area contributed by atoms with Crippen LogP contribution in [0.25, 0.3) is 0 Å². The second-order valence-electron chi connectivity index (χ2n) is 3.43. The first-order chi connectivity index (χ1) is 5.99. The largest absolute Gasteiger partial charge is 0.351 e. The van der Waals surface area contributed by atoms with E-state index in [0.717, 1.165) is 6.42 Å². The number of hydrogen-bond acceptors (Lipinski definition) is 2. The van der Waals surface area contributed by atoms with Crippen LogP contribution in [0, 0.1) is 5.92 Å². The summed E-state index contributed by atoms with van der Waals surface area (Å²) in [4.78, 5) is 16.2. The molecule has 1 unspecified atom stereocenters. The predicted octanol–water partition coefficient (Wildman–Crippen LogP) is 1.46. The minimum Gasteiger partial charge on any atom is -0.351 e. The van der Waals surface area contributed by atoms with Crippen LogP contribution in [0.2, 0.25) is 0 Å². The highest BCUT2D eigenvalue weighted by Gasteiger charge is 2.08. The molecule has 13 heavy (non-hydrogen) atoms. The Morgan fingerprint density at radius 3 is 2.46 bits per heavy atom. The summed E-state index contributed by atoms with van der Waals surface area (Å²) in [5.41, 5.74) is 5.04. The summed E-state index contributed by atoms with van der Waals surface area (Å²) in [6.07, 6.45) is 2.47. The van der Waals surface area contributed by atoms with Crippen molar-refractivity contribution in [1.29, 1.82) is 0 Å². The Bertz CT molecular complexity index is 189. The van der Waals surface area contributed by atoms with Crippen molar-refractivity contribution in [1.82, 2.24) is 4.90 Å². The van der Waals surface area contributed by atoms with Crippen LogP contribution in [0.4, 0.5) is 4.79 Å². The molecule has 2 amide bonds. The summed E-state index contributed by atoms with van der Waals surface area (Å²) in [5, 5.41) is 0. The lowest BCUT2D eigenvalue weighted by Gasteiger charge is -2.15. The summed E-state index contributed by atoms with van der Waals surface area (Å²) < 4.78 is 0. The van der Waals surface area contributed by atoms with Crippen LogP contribution in [0.5, 0.6) is 0 Å². The summed E-state index contributed by atoms with van der Waals surface area (Å²) >= 11 is 0. The Kier molecular flexibility index (Phi) is 5.11. The molecule has 0 saturated heterocycles. The van der Waals surface area contributed by atoms with Crippen molar-refractivity contribution < 1.29 is 4.79 Å². The molecule has 0 aliphatic heterocycles. The molecule has 0 aromatic carbocycles. The van der Waals surface area contributed by atoms with Crippen LogP contribution in [0.1, 0.15) is 27.2 Å². The molecule has 1 atom stereocenters. The molecule has 0 aliphatic carbocycles. The Morgan fingerprint density at radius 2 is 2.15 bits per heavy atom. The molecule has 0 fully saturated rings. The molecule has 0 radical (unpaired) electrons. The summed E-state index contributed by atoms with van der Waals surface area (Å²) in [7, 11) is 1.60. The number of primary amides is 1. The number of nitrogens with two attached hydrogens (primary N) is 1. The number of carbonyl (C=O) groups is 1. The number of aliphatic imine (C=N–C) groups is 1. The summed E-state index contributed by atoms with van der Waals surface area (Å²) in [5.74, 6) is 0.488. The minimum absolute atomic E-state index is 0.266. The van der Waals surface area contributed by atoms with Gasteiger partial charge in [0, 0.05) is 7.05 Å². The van der Waals surface area contributed by atoms with Crippen molar-refractivity contribution in [2.75, 3.05) is 7.05 Å². The molecule has 4 nitrogen and oxygen atoms in total. The molecule has 2 N–H and O–H groups in total. The lowest BCUT2D eigenvalue weighted by molar-refractivity contribution is 0.236. The third-order valence-corrected chi connectivity index (χ3v) is 1.97. The van der Waals surface area contributed by atoms with Gasteiger partial charge < -0.3 is 5.73 Å². The molecular weight excluding hydrogens is 166 g/mol. The number of rotatable bonds is 4. The number of nitrogens with zero attached hydrogens (tertiary/aromatic N) is 2. The molecule has 0 aromatic rings. The van der Waals surface area contributed by atoms with Crippen LogP contribution in [0.15, 0.2) is 4.99 Å². The van der Waals surface area contributed by atoms with Crippen molar-refractivity contribution in [3.05, 3.63) is 0 Å². The van der Waals surface area contributed by atoms with E-state index in [1.54, 1.807) is 7.05 Å². The lowest BCUT2D eigenvalue weighted by atomic mass is 10.0. The zero-order chi connectivity index (χ0) is 10.4. The van der Waals surface area contributed by atoms with Gasteiger partial charge in [-0.3, -0.25) is 9.89 Å². The maximum Gasteiger partial charge on any atom is 0.319 e. The highest BCUT2D eigenvalue weighted by molar-refractivity contribution is 5.84. The average molecular weight is 185 g/mol. The van der Waals surface area contributed by atoms with Gasteiger partial charge in [0.25, 0.3) is 0 Å². The van der Waals surface area contributed by atoms with E-state index in [-0.39, 0.29) is 6.04 Å². The van der Waals surface area contributed by atoms with Gasteiger partial charge in [-0.1, -0.05) is 20.8 Å². The summed E-state index contributed by atoms with van der Waals surface area (Å²) in [6, 6.07) is -0.218. The van der Waals surface area contributed by atoms with Crippen LogP contribution < -0.4 is 5.73 Å². The van der Waals surface area contributed by atoms with Crippen molar-refractivity contribution in [2.45, 2.75) is 33.2 Å². The SMILES string of the molecule is CCC(N=CN(C)C(N)=O)C(C)C. The van der Waals surface area contributed by atoms with E-state index in [0.29, 0.717) is 5.92 Å². The quantitative estimate of drug-likeness (QED) is 0.523. The fourth-order valence-corrected chi connectivity index (χ4v) is 0.991. The van der Waals surface area contributed by atoms with E-state index < -0.39 is 6.03 Å². The zero-order valence-electron chi connectivity index (χ0n) is 8.82. The van der Waals surface area contributed by atoms with Gasteiger partial charge in [0.2, 0.25) is 0 Å². The topological polar surface area (TPSA) is 58.7 Å². The smallest absolute Gasteiger partial charge is 0.319 e. The van der Waals surface area contributed by atoms with Crippen LogP contribution >= 0.6 is 0 Å². The monoisotopic (exact) mass is 185 g/mol. The van der Waals surface area contributed by atoms with Gasteiger partial charge in [-0.05, 0) is 12.3 Å². The predicted molar refractivity (Wildman–Crippen MR) is 54.8 cm³/mol. The normalized spacial score (nSPS) is 13.6. The standard InChI is InChI=1S/C9H19N3O/c1-5-8(7(2)3)11-6-12(4)9(10)13/h6-8H,5H2,1-4H3,(H2,10,13). The second kappa shape index (κ2) is 5.56. The molecule has 0 aliphatic rings. The van der Waals surface area contributed by atoms with Gasteiger partial charge in [0.15, 0.2) is 0 Å². The van der Waals surface area contributed by atoms with Crippen LogP contribution in [-0.4, -0.2) is 30.4 Å². The average Bonchev–Trinajstić information content (AvgIpc) is 2.04. The van der Waals surface area contributed by atoms with Gasteiger partial charge in [0.1, 0.15) is 0 Å². The molecule has 0 bridgehead atoms. The minimum atomic E-state index is -0.484. The molecule has 0 heterocycles. The van der Waals surface area contributed by atoms with E-state index in [1.807, 2.05) is 0 Å². The molecular formula is C9H19N3O. The van der Waals surface area contributed by atoms with Gasteiger partial charge in [-0.2, -0.15) is 0 Å². The Labute approximate surface area is 79.8 Å². The van der Waals surface area contributed by atoms with E-state index in [9.17, 15) is 4.79 Å². The fraction of sp³-hybridized carbons (Fsp3) is 0.778. The molecule has 76 valence electrons. The van der Waals surface area contributed by atoms with Gasteiger partial charge in [-0.25, -0.2) is 4.79 Å². The first-order valence-corrected chi connectivity index (χ1v) is 4.54. The van der Waals surface area contributed by atoms with E-state index in [1.165, 1.54) is 11.2 Å². The fourth-order valence-electron chi connectivity index (χ4n) is 0.991. The highest BCUT2D eigenvalue weighted by Crippen LogP contribution is 2.09. The second-order valence-corrected chi connectivity index (χ2v) is 3.43. The molecule has 0 spiro atoms. The zero-order valence-corrected chi connectivity index (χ0v) is 8.82. The third kappa shape index (κ3) is 4.50. The van der Waals surface area contributed by atoms with Crippen LogP contribution in [0.3, 0.4) is 0 Å². The van der Waals surface area contributed by atoms with E-state index in [4.69, 9.17) is 5.73 Å². The van der Waals surface area contributed by atoms with Gasteiger partial charge in [-0.15, -0.1) is 0 Å². The molecule has 4 heteroatoms. The molecule has 0 rings (SSSR count). The number of hydrogen-bond donors (Lipinski definition) is 1. The first kappa shape index (κ1) is 11.9. The van der Waals surface area contributed by atoms with Crippen molar-refractivity contribution in [3.8, 4) is 0 Å². The number of urea groups is 1. The molecule has 0 saturated carbocycles. The molecule has 0 aromatic heterocycles. The third-order valence-electron chi connectivity index (χ3n) is 1.97. The van der Waals surface area contributed by atoms with Gasteiger partial charge in [0.05, 0.1) is 12.4 Å². The van der Waals surface area contributed by atoms with Crippen molar-refractivity contribution >= 4 is 12.4 Å². The maximum atomic E-state index is 10.6. The van der Waals surface area contributed by atoms with Crippen LogP contribution in [-0.2, 0) is 0 Å². The number of carbonyl (C=O) groups excluding carboxylic acids is 1. The van der Waals surface area contributed by atoms with Crippen molar-refractivity contribution in [3.63, 3.8) is 0 Å². The van der Waals surface area contributed by atoms with Crippen molar-refractivity contribution in [2.24, 2.45) is 16.6 Å². The Morgan fingerprint density at radius 1 is 1.62 bits per heavy atom. The van der Waals surface area contributed by atoms with E-state index in [2.05, 4.69) is 25.8 Å². The highest BCUT2D eigenvalue weighted by atomic mass is 16.2. The number of amides is 2. The lowest BCUT2D eigenvalue weighted by Crippen LogP contribution is -2.31. The Balaban J connectivity index is 4.14. The van der Waals surface area contributed by atoms with Gasteiger partial charge >= 0.3 is 6.03 Å². The Hall–Kier alpha value is -1.06. The maximum absolute atomic E-state index is 10.6. The van der Waals surface area contributed by atoms with E-state index >= 15 is 0 Å². The summed E-state index contributed by atoms with van der Waals surface area (Å²) in [6.45, 7) is 6.29.